The van der Waals surface area contributed by atoms with Crippen molar-refractivity contribution in [2.24, 2.45) is 0 Å². The molecule has 3 aromatic rings. The first-order chi connectivity index (χ1) is 17.6. The summed E-state index contributed by atoms with van der Waals surface area (Å²) in [6, 6.07) is 25.5. The molecule has 0 aromatic heterocycles. The average Bonchev–Trinajstić information content (AvgIpc) is 2.92. The minimum Gasteiger partial charge on any atom is -0.352 e. The van der Waals surface area contributed by atoms with Gasteiger partial charge in [0.15, 0.2) is 0 Å². The van der Waals surface area contributed by atoms with Crippen LogP contribution in [0.5, 0.6) is 0 Å². The summed E-state index contributed by atoms with van der Waals surface area (Å²) < 4.78 is 14.7. The first-order valence-corrected chi connectivity index (χ1v) is 13.0. The van der Waals surface area contributed by atoms with Gasteiger partial charge in [-0.3, -0.25) is 9.59 Å². The predicted molar refractivity (Wildman–Crippen MR) is 141 cm³/mol. The monoisotopic (exact) mass is 486 g/mol. The highest BCUT2D eigenvalue weighted by atomic mass is 19.1. The Hall–Kier alpha value is -3.47. The molecule has 1 atom stereocenters. The van der Waals surface area contributed by atoms with Crippen LogP contribution in [0.25, 0.3) is 0 Å². The molecule has 1 N–H and O–H groups in total. The molecule has 1 aliphatic carbocycles. The van der Waals surface area contributed by atoms with Crippen molar-refractivity contribution in [2.75, 3.05) is 0 Å². The lowest BCUT2D eigenvalue weighted by Gasteiger charge is -2.33. The van der Waals surface area contributed by atoms with Gasteiger partial charge in [0.25, 0.3) is 0 Å². The smallest absolute Gasteiger partial charge is 0.243 e. The summed E-state index contributed by atoms with van der Waals surface area (Å²) >= 11 is 0. The van der Waals surface area contributed by atoms with Crippen LogP contribution in [0.1, 0.15) is 55.2 Å². The van der Waals surface area contributed by atoms with Crippen molar-refractivity contribution < 1.29 is 14.0 Å². The number of hydrogen-bond donors (Lipinski definition) is 1. The highest BCUT2D eigenvalue weighted by Crippen LogP contribution is 2.21. The normalized spacial score (nSPS) is 14.7. The predicted octanol–water partition coefficient (Wildman–Crippen LogP) is 5.85. The second kappa shape index (κ2) is 13.0. The van der Waals surface area contributed by atoms with E-state index in [1.807, 2.05) is 60.7 Å². The molecule has 0 heterocycles. The molecule has 4 nitrogen and oxygen atoms in total. The van der Waals surface area contributed by atoms with Crippen molar-refractivity contribution >= 4 is 11.8 Å². The van der Waals surface area contributed by atoms with Crippen LogP contribution in [0, 0.1) is 5.82 Å². The molecule has 4 rings (SSSR count). The Bertz CT molecular complexity index is 1110. The van der Waals surface area contributed by atoms with E-state index in [0.717, 1.165) is 36.8 Å². The fourth-order valence-electron chi connectivity index (χ4n) is 4.95. The number of nitrogens with one attached hydrogen (secondary N) is 1. The second-order valence-electron chi connectivity index (χ2n) is 9.65. The molecule has 0 spiro atoms. The molecule has 5 heteroatoms. The highest BCUT2D eigenvalue weighted by molar-refractivity contribution is 5.88. The number of hydrogen-bond acceptors (Lipinski definition) is 2. The molecule has 2 amide bonds. The maximum atomic E-state index is 14.7. The van der Waals surface area contributed by atoms with Crippen LogP contribution in [0.15, 0.2) is 84.9 Å². The Balaban J connectivity index is 1.61. The minimum atomic E-state index is -0.725. The van der Waals surface area contributed by atoms with Crippen LogP contribution in [0.3, 0.4) is 0 Å². The van der Waals surface area contributed by atoms with Gasteiger partial charge < -0.3 is 10.2 Å². The molecule has 36 heavy (non-hydrogen) atoms. The summed E-state index contributed by atoms with van der Waals surface area (Å²) in [6.07, 6.45) is 6.50. The summed E-state index contributed by atoms with van der Waals surface area (Å²) in [6.45, 7) is 0.0515. The molecule has 1 aliphatic rings. The van der Waals surface area contributed by atoms with Crippen LogP contribution < -0.4 is 5.32 Å². The number of benzene rings is 3. The molecule has 188 valence electrons. The largest absolute Gasteiger partial charge is 0.352 e. The second-order valence-corrected chi connectivity index (χ2v) is 9.65. The van der Waals surface area contributed by atoms with Crippen molar-refractivity contribution in [3.8, 4) is 0 Å². The van der Waals surface area contributed by atoms with E-state index in [1.54, 1.807) is 23.1 Å². The van der Waals surface area contributed by atoms with E-state index in [1.165, 1.54) is 12.5 Å². The van der Waals surface area contributed by atoms with Crippen molar-refractivity contribution in [1.82, 2.24) is 10.2 Å². The van der Waals surface area contributed by atoms with Gasteiger partial charge in [-0.05, 0) is 36.5 Å². The fraction of sp³-hybridized carbons (Fsp3) is 0.355. The molecular formula is C31H35FN2O2. The summed E-state index contributed by atoms with van der Waals surface area (Å²) in [7, 11) is 0. The Kier molecular flexibility index (Phi) is 9.26. The highest BCUT2D eigenvalue weighted by Gasteiger charge is 2.32. The van der Waals surface area contributed by atoms with Crippen LogP contribution in [0.2, 0.25) is 0 Å². The molecule has 1 fully saturated rings. The summed E-state index contributed by atoms with van der Waals surface area (Å²) in [5.41, 5.74) is 2.44. The lowest BCUT2D eigenvalue weighted by molar-refractivity contribution is -0.141. The number of carbonyl (C=O) groups is 2. The third-order valence-electron chi connectivity index (χ3n) is 6.99. The van der Waals surface area contributed by atoms with Gasteiger partial charge in [-0.15, -0.1) is 0 Å². The van der Waals surface area contributed by atoms with Gasteiger partial charge in [0, 0.05) is 31.0 Å². The summed E-state index contributed by atoms with van der Waals surface area (Å²) in [5.74, 6) is -0.679. The summed E-state index contributed by atoms with van der Waals surface area (Å²) in [4.78, 5) is 29.0. The molecule has 0 bridgehead atoms. The SMILES string of the molecule is O=C(NC1CCCCC1)[C@@H](Cc1ccccc1)N(Cc1ccccc1F)C(=O)CCc1ccccc1. The van der Waals surface area contributed by atoms with E-state index >= 15 is 0 Å². The van der Waals surface area contributed by atoms with Crippen LogP contribution >= 0.6 is 0 Å². The fourth-order valence-corrected chi connectivity index (χ4v) is 4.95. The molecule has 0 aliphatic heterocycles. The van der Waals surface area contributed by atoms with Gasteiger partial charge in [0.05, 0.1) is 0 Å². The third-order valence-corrected chi connectivity index (χ3v) is 6.99. The number of halogens is 1. The van der Waals surface area contributed by atoms with Gasteiger partial charge in [-0.25, -0.2) is 4.39 Å². The maximum absolute atomic E-state index is 14.7. The standard InChI is InChI=1S/C31H35FN2O2/c32-28-19-11-10-16-26(28)23-34(30(35)21-20-24-12-4-1-5-13-24)29(22-25-14-6-2-7-15-25)31(36)33-27-17-8-3-9-18-27/h1-2,4-7,10-16,19,27,29H,3,8-9,17-18,20-23H2,(H,33,36)/t29-/m1/s1. The number of carbonyl (C=O) groups excluding carboxylic acids is 2. The van der Waals surface area contributed by atoms with Gasteiger partial charge >= 0.3 is 0 Å². The molecule has 1 saturated carbocycles. The quantitative estimate of drug-likeness (QED) is 0.391. The molecule has 0 saturated heterocycles. The first kappa shape index (κ1) is 25.6. The topological polar surface area (TPSA) is 49.4 Å². The van der Waals surface area contributed by atoms with Gasteiger partial charge in [-0.2, -0.15) is 0 Å². The first-order valence-electron chi connectivity index (χ1n) is 13.0. The number of rotatable bonds is 10. The number of aryl methyl sites for hydroxylation is 1. The number of amides is 2. The van der Waals surface area contributed by atoms with E-state index in [2.05, 4.69) is 5.32 Å². The van der Waals surface area contributed by atoms with Gasteiger partial charge in [0.2, 0.25) is 11.8 Å². The van der Waals surface area contributed by atoms with E-state index in [4.69, 9.17) is 0 Å². The lowest BCUT2D eigenvalue weighted by Crippen LogP contribution is -2.53. The zero-order chi connectivity index (χ0) is 25.2. The van der Waals surface area contributed by atoms with Crippen LogP contribution in [-0.2, 0) is 29.0 Å². The Morgan fingerprint density at radius 3 is 2.11 bits per heavy atom. The minimum absolute atomic E-state index is 0.0515. The van der Waals surface area contributed by atoms with Crippen molar-refractivity contribution in [1.29, 1.82) is 0 Å². The van der Waals surface area contributed by atoms with E-state index in [-0.39, 0.29) is 36.6 Å². The van der Waals surface area contributed by atoms with Gasteiger partial charge in [-0.1, -0.05) is 98.1 Å². The molecular weight excluding hydrogens is 451 g/mol. The maximum Gasteiger partial charge on any atom is 0.243 e. The van der Waals surface area contributed by atoms with E-state index in [0.29, 0.717) is 18.4 Å². The lowest BCUT2D eigenvalue weighted by atomic mass is 9.94. The zero-order valence-corrected chi connectivity index (χ0v) is 20.7. The molecule has 0 unspecified atom stereocenters. The van der Waals surface area contributed by atoms with Gasteiger partial charge in [0.1, 0.15) is 11.9 Å². The third kappa shape index (κ3) is 7.27. The number of nitrogens with zero attached hydrogens (tertiary/aromatic N) is 1. The molecule has 3 aromatic carbocycles. The molecule has 0 radical (unpaired) electrons. The van der Waals surface area contributed by atoms with Crippen LogP contribution in [-0.4, -0.2) is 28.8 Å². The van der Waals surface area contributed by atoms with Crippen molar-refractivity contribution in [2.45, 2.75) is 70.0 Å². The van der Waals surface area contributed by atoms with Crippen molar-refractivity contribution in [3.05, 3.63) is 107 Å². The Morgan fingerprint density at radius 2 is 1.44 bits per heavy atom. The van der Waals surface area contributed by atoms with Crippen LogP contribution in [0.4, 0.5) is 4.39 Å². The Morgan fingerprint density at radius 1 is 0.833 bits per heavy atom. The van der Waals surface area contributed by atoms with E-state index in [9.17, 15) is 14.0 Å². The summed E-state index contributed by atoms with van der Waals surface area (Å²) in [5, 5.41) is 3.22. The van der Waals surface area contributed by atoms with Crippen molar-refractivity contribution in [3.63, 3.8) is 0 Å². The average molecular weight is 487 g/mol. The zero-order valence-electron chi connectivity index (χ0n) is 20.7. The van der Waals surface area contributed by atoms with E-state index < -0.39 is 6.04 Å². The Labute approximate surface area is 213 Å².